The van der Waals surface area contributed by atoms with E-state index in [0.717, 1.165) is 6.07 Å². The van der Waals surface area contributed by atoms with Crippen LogP contribution in [0.15, 0.2) is 18.2 Å². The normalized spacial score (nSPS) is 9.53. The third kappa shape index (κ3) is 3.18. The number of nitrogens with zero attached hydrogens (tertiary/aromatic N) is 2. The molecule has 0 fully saturated rings. The predicted octanol–water partition coefficient (Wildman–Crippen LogP) is 1.70. The van der Waals surface area contributed by atoms with Crippen molar-refractivity contribution in [2.45, 2.75) is 6.92 Å². The fourth-order valence-corrected chi connectivity index (χ4v) is 1.42. The fourth-order valence-electron chi connectivity index (χ4n) is 1.42. The summed E-state index contributed by atoms with van der Waals surface area (Å²) < 4.78 is 18.2. The molecule has 0 unspecified atom stereocenters. The highest BCUT2D eigenvalue weighted by Gasteiger charge is 2.14. The minimum absolute atomic E-state index is 0.0180. The summed E-state index contributed by atoms with van der Waals surface area (Å²) in [6, 6.07) is 6.00. The number of esters is 1. The minimum atomic E-state index is -0.519. The van der Waals surface area contributed by atoms with Crippen LogP contribution in [0.4, 0.5) is 10.1 Å². The number of halogens is 1. The minimum Gasteiger partial charge on any atom is -0.468 e. The Balaban J connectivity index is 2.97. The van der Waals surface area contributed by atoms with Crippen LogP contribution in [-0.2, 0) is 9.53 Å². The zero-order valence-electron chi connectivity index (χ0n) is 9.74. The molecule has 0 saturated heterocycles. The van der Waals surface area contributed by atoms with Crippen molar-refractivity contribution in [3.63, 3.8) is 0 Å². The van der Waals surface area contributed by atoms with Gasteiger partial charge in [0.2, 0.25) is 0 Å². The molecule has 1 aromatic rings. The molecular weight excluding hydrogens is 223 g/mol. The molecule has 1 rings (SSSR count). The van der Waals surface area contributed by atoms with Gasteiger partial charge in [-0.3, -0.25) is 4.79 Å². The van der Waals surface area contributed by atoms with Crippen LogP contribution in [0, 0.1) is 17.1 Å². The van der Waals surface area contributed by atoms with Crippen molar-refractivity contribution in [3.05, 3.63) is 29.6 Å². The zero-order valence-corrected chi connectivity index (χ0v) is 9.74. The third-order valence-corrected chi connectivity index (χ3v) is 2.35. The van der Waals surface area contributed by atoms with E-state index in [1.807, 2.05) is 6.07 Å². The zero-order chi connectivity index (χ0) is 12.8. The average molecular weight is 236 g/mol. The van der Waals surface area contributed by atoms with Crippen molar-refractivity contribution in [1.82, 2.24) is 0 Å². The second-order valence-corrected chi connectivity index (χ2v) is 3.37. The first-order valence-corrected chi connectivity index (χ1v) is 5.13. The predicted molar refractivity (Wildman–Crippen MR) is 61.0 cm³/mol. The lowest BCUT2D eigenvalue weighted by Gasteiger charge is -2.22. The summed E-state index contributed by atoms with van der Waals surface area (Å²) >= 11 is 0. The Bertz CT molecular complexity index is 454. The van der Waals surface area contributed by atoms with Crippen molar-refractivity contribution in [2.24, 2.45) is 0 Å². The highest BCUT2D eigenvalue weighted by molar-refractivity contribution is 5.75. The van der Waals surface area contributed by atoms with Gasteiger partial charge in [-0.2, -0.15) is 5.26 Å². The summed E-state index contributed by atoms with van der Waals surface area (Å²) in [6.07, 6.45) is 0. The molecule has 17 heavy (non-hydrogen) atoms. The van der Waals surface area contributed by atoms with Gasteiger partial charge in [0.1, 0.15) is 12.4 Å². The maximum absolute atomic E-state index is 13.7. The molecule has 0 N–H and O–H groups in total. The van der Waals surface area contributed by atoms with Gasteiger partial charge in [-0.15, -0.1) is 0 Å². The van der Waals surface area contributed by atoms with E-state index < -0.39 is 11.8 Å². The van der Waals surface area contributed by atoms with E-state index in [2.05, 4.69) is 4.74 Å². The summed E-state index contributed by atoms with van der Waals surface area (Å²) in [5.74, 6) is -0.953. The van der Waals surface area contributed by atoms with Gasteiger partial charge in [0.05, 0.1) is 24.4 Å². The van der Waals surface area contributed by atoms with Crippen molar-refractivity contribution < 1.29 is 13.9 Å². The number of likely N-dealkylation sites (N-methyl/N-ethyl adjacent to an activating group) is 1. The molecule has 0 heterocycles. The van der Waals surface area contributed by atoms with Crippen molar-refractivity contribution in [2.75, 3.05) is 25.1 Å². The molecule has 4 nitrogen and oxygen atoms in total. The van der Waals surface area contributed by atoms with E-state index in [9.17, 15) is 9.18 Å². The van der Waals surface area contributed by atoms with Gasteiger partial charge < -0.3 is 9.64 Å². The molecule has 0 aliphatic heterocycles. The monoisotopic (exact) mass is 236 g/mol. The number of benzene rings is 1. The molecular formula is C12H13FN2O2. The summed E-state index contributed by atoms with van der Waals surface area (Å²) in [5, 5.41) is 8.63. The Morgan fingerprint density at radius 3 is 2.76 bits per heavy atom. The lowest BCUT2D eigenvalue weighted by atomic mass is 10.2. The second-order valence-electron chi connectivity index (χ2n) is 3.37. The molecule has 5 heteroatoms. The molecule has 1 aromatic carbocycles. The Hall–Kier alpha value is -2.09. The first kappa shape index (κ1) is 13.0. The van der Waals surface area contributed by atoms with Gasteiger partial charge in [0.25, 0.3) is 0 Å². The Kier molecular flexibility index (Phi) is 4.46. The maximum Gasteiger partial charge on any atom is 0.325 e. The van der Waals surface area contributed by atoms with Crippen LogP contribution in [0.5, 0.6) is 0 Å². The Morgan fingerprint density at radius 1 is 1.59 bits per heavy atom. The van der Waals surface area contributed by atoms with E-state index in [1.54, 1.807) is 11.8 Å². The van der Waals surface area contributed by atoms with Gasteiger partial charge in [0, 0.05) is 6.54 Å². The van der Waals surface area contributed by atoms with Crippen LogP contribution in [-0.4, -0.2) is 26.2 Å². The highest BCUT2D eigenvalue weighted by atomic mass is 19.1. The third-order valence-electron chi connectivity index (χ3n) is 2.35. The Labute approximate surface area is 99.2 Å². The SMILES string of the molecule is CCN(CC(=O)OC)c1ccc(C#N)cc1F. The van der Waals surface area contributed by atoms with Crippen LogP contribution in [0.25, 0.3) is 0 Å². The molecule has 0 spiro atoms. The smallest absolute Gasteiger partial charge is 0.325 e. The molecule has 0 aliphatic carbocycles. The maximum atomic E-state index is 13.7. The molecule has 0 aromatic heterocycles. The van der Waals surface area contributed by atoms with E-state index in [4.69, 9.17) is 5.26 Å². The van der Waals surface area contributed by atoms with Crippen molar-refractivity contribution in [1.29, 1.82) is 5.26 Å². The number of anilines is 1. The number of hydrogen-bond donors (Lipinski definition) is 0. The van der Waals surface area contributed by atoms with Crippen molar-refractivity contribution >= 4 is 11.7 Å². The number of methoxy groups -OCH3 is 1. The number of nitriles is 1. The van der Waals surface area contributed by atoms with Gasteiger partial charge in [-0.25, -0.2) is 4.39 Å². The first-order valence-electron chi connectivity index (χ1n) is 5.13. The van der Waals surface area contributed by atoms with Gasteiger partial charge in [-0.05, 0) is 25.1 Å². The molecule has 0 bridgehead atoms. The van der Waals surface area contributed by atoms with Crippen LogP contribution in [0.1, 0.15) is 12.5 Å². The molecule has 0 aliphatic rings. The number of hydrogen-bond acceptors (Lipinski definition) is 4. The summed E-state index contributed by atoms with van der Waals surface area (Å²) in [7, 11) is 1.28. The van der Waals surface area contributed by atoms with Crippen LogP contribution in [0.3, 0.4) is 0 Å². The quantitative estimate of drug-likeness (QED) is 0.746. The fraction of sp³-hybridized carbons (Fsp3) is 0.333. The molecule has 0 saturated carbocycles. The van der Waals surface area contributed by atoms with Gasteiger partial charge in [-0.1, -0.05) is 0 Å². The standard InChI is InChI=1S/C12H13FN2O2/c1-3-15(8-12(16)17-2)11-5-4-9(7-14)6-10(11)13/h4-6H,3,8H2,1-2H3. The Morgan fingerprint density at radius 2 is 2.29 bits per heavy atom. The van der Waals surface area contributed by atoms with E-state index >= 15 is 0 Å². The summed E-state index contributed by atoms with van der Waals surface area (Å²) in [5.41, 5.74) is 0.539. The highest BCUT2D eigenvalue weighted by Crippen LogP contribution is 2.20. The lowest BCUT2D eigenvalue weighted by molar-refractivity contribution is -0.138. The van der Waals surface area contributed by atoms with Gasteiger partial charge in [0.15, 0.2) is 0 Å². The number of carbonyl (C=O) groups excluding carboxylic acids is 1. The molecule has 90 valence electrons. The summed E-state index contributed by atoms with van der Waals surface area (Å²) in [6.45, 7) is 2.26. The van der Waals surface area contributed by atoms with Crippen molar-refractivity contribution in [3.8, 4) is 6.07 Å². The largest absolute Gasteiger partial charge is 0.468 e. The number of carbonyl (C=O) groups is 1. The number of rotatable bonds is 4. The van der Waals surface area contributed by atoms with Crippen LogP contribution in [0.2, 0.25) is 0 Å². The van der Waals surface area contributed by atoms with Gasteiger partial charge >= 0.3 is 5.97 Å². The summed E-state index contributed by atoms with van der Waals surface area (Å²) in [4.78, 5) is 12.7. The molecule has 0 radical (unpaired) electrons. The molecule has 0 amide bonds. The van der Waals surface area contributed by atoms with Crippen LogP contribution < -0.4 is 4.90 Å². The lowest BCUT2D eigenvalue weighted by Crippen LogP contribution is -2.30. The average Bonchev–Trinajstić information content (AvgIpc) is 2.35. The topological polar surface area (TPSA) is 53.3 Å². The van der Waals surface area contributed by atoms with E-state index in [1.165, 1.54) is 19.2 Å². The van der Waals surface area contributed by atoms with Crippen LogP contribution >= 0.6 is 0 Å². The van der Waals surface area contributed by atoms with E-state index in [-0.39, 0.29) is 17.8 Å². The van der Waals surface area contributed by atoms with E-state index in [0.29, 0.717) is 6.54 Å². The first-order chi connectivity index (χ1) is 8.12. The second kappa shape index (κ2) is 5.85. The number of ether oxygens (including phenoxy) is 1. The molecule has 0 atom stereocenters.